The van der Waals surface area contributed by atoms with Crippen LogP contribution in [0.5, 0.6) is 0 Å². The van der Waals surface area contributed by atoms with Crippen molar-refractivity contribution in [2.75, 3.05) is 4.90 Å². The SMILES string of the molecule is CCCCc1ccc(N2c3ccccc3CC3C=CC=CC32)cc1. The molecule has 1 aliphatic heterocycles. The monoisotopic (exact) mass is 315 g/mol. The number of rotatable bonds is 4. The molecule has 0 amide bonds. The number of hydrogen-bond acceptors (Lipinski definition) is 1. The number of anilines is 2. The molecule has 2 atom stereocenters. The second-order valence-corrected chi connectivity index (χ2v) is 6.90. The van der Waals surface area contributed by atoms with Crippen molar-refractivity contribution in [1.82, 2.24) is 0 Å². The molecular weight excluding hydrogens is 290 g/mol. The van der Waals surface area contributed by atoms with Crippen LogP contribution in [0.15, 0.2) is 72.8 Å². The number of aryl methyl sites for hydroxylation is 1. The summed E-state index contributed by atoms with van der Waals surface area (Å²) in [4.78, 5) is 2.52. The molecule has 0 saturated heterocycles. The van der Waals surface area contributed by atoms with E-state index in [-0.39, 0.29) is 0 Å². The molecule has 0 saturated carbocycles. The highest BCUT2D eigenvalue weighted by Crippen LogP contribution is 2.41. The standard InChI is InChI=1S/C23H25N/c1-2-3-8-18-13-15-21(16-14-18)24-22-11-6-4-9-19(22)17-20-10-5-7-12-23(20)24/h4-7,9-16,19,22H,2-3,8,17H2,1H3. The van der Waals surface area contributed by atoms with Gasteiger partial charge in [0.1, 0.15) is 0 Å². The van der Waals surface area contributed by atoms with E-state index in [4.69, 9.17) is 0 Å². The summed E-state index contributed by atoms with van der Waals surface area (Å²) in [5.41, 5.74) is 5.56. The van der Waals surface area contributed by atoms with Crippen molar-refractivity contribution >= 4 is 11.4 Å². The van der Waals surface area contributed by atoms with Crippen LogP contribution in [-0.4, -0.2) is 6.04 Å². The summed E-state index contributed by atoms with van der Waals surface area (Å²) in [7, 11) is 0. The molecule has 2 unspecified atom stereocenters. The van der Waals surface area contributed by atoms with Gasteiger partial charge in [0.25, 0.3) is 0 Å². The second-order valence-electron chi connectivity index (χ2n) is 6.90. The summed E-state index contributed by atoms with van der Waals surface area (Å²) in [6.45, 7) is 2.25. The Bertz CT molecular complexity index is 754. The molecule has 0 bridgehead atoms. The Morgan fingerprint density at radius 2 is 1.75 bits per heavy atom. The van der Waals surface area contributed by atoms with Gasteiger partial charge in [-0.15, -0.1) is 0 Å². The Kier molecular flexibility index (Phi) is 4.25. The molecular formula is C23H25N. The van der Waals surface area contributed by atoms with E-state index in [1.165, 1.54) is 41.8 Å². The maximum Gasteiger partial charge on any atom is 0.0591 e. The molecule has 0 radical (unpaired) electrons. The van der Waals surface area contributed by atoms with Gasteiger partial charge < -0.3 is 4.90 Å². The van der Waals surface area contributed by atoms with Crippen LogP contribution in [0.2, 0.25) is 0 Å². The maximum atomic E-state index is 2.52. The molecule has 1 nitrogen and oxygen atoms in total. The van der Waals surface area contributed by atoms with Gasteiger partial charge in [0, 0.05) is 17.3 Å². The molecule has 1 heteroatoms. The minimum atomic E-state index is 0.423. The first-order chi connectivity index (χ1) is 11.9. The van der Waals surface area contributed by atoms with Crippen LogP contribution in [-0.2, 0) is 12.8 Å². The van der Waals surface area contributed by atoms with Gasteiger partial charge in [0.05, 0.1) is 6.04 Å². The van der Waals surface area contributed by atoms with Crippen molar-refractivity contribution in [3.8, 4) is 0 Å². The van der Waals surface area contributed by atoms with E-state index >= 15 is 0 Å². The van der Waals surface area contributed by atoms with Crippen molar-refractivity contribution in [2.45, 2.75) is 38.6 Å². The zero-order valence-electron chi connectivity index (χ0n) is 14.4. The van der Waals surface area contributed by atoms with Gasteiger partial charge in [-0.1, -0.05) is 68.0 Å². The number of hydrogen-bond donors (Lipinski definition) is 0. The number of para-hydroxylation sites is 1. The Labute approximate surface area is 145 Å². The van der Waals surface area contributed by atoms with E-state index in [0.717, 1.165) is 6.42 Å². The Morgan fingerprint density at radius 1 is 0.958 bits per heavy atom. The molecule has 0 spiro atoms. The second kappa shape index (κ2) is 6.68. The van der Waals surface area contributed by atoms with Gasteiger partial charge in [-0.3, -0.25) is 0 Å². The average Bonchev–Trinajstić information content (AvgIpc) is 2.65. The van der Waals surface area contributed by atoms with Crippen LogP contribution >= 0.6 is 0 Å². The molecule has 122 valence electrons. The summed E-state index contributed by atoms with van der Waals surface area (Å²) in [6, 6.07) is 18.5. The van der Waals surface area contributed by atoms with Crippen molar-refractivity contribution < 1.29 is 0 Å². The van der Waals surface area contributed by atoms with Gasteiger partial charge in [-0.2, -0.15) is 0 Å². The first kappa shape index (κ1) is 15.3. The zero-order valence-corrected chi connectivity index (χ0v) is 14.4. The van der Waals surface area contributed by atoms with Crippen LogP contribution in [0.4, 0.5) is 11.4 Å². The van der Waals surface area contributed by atoms with E-state index in [1.54, 1.807) is 0 Å². The topological polar surface area (TPSA) is 3.24 Å². The van der Waals surface area contributed by atoms with Gasteiger partial charge in [-0.05, 0) is 48.6 Å². The summed E-state index contributed by atoms with van der Waals surface area (Å²) in [5, 5.41) is 0. The lowest BCUT2D eigenvalue weighted by Gasteiger charge is -2.42. The highest BCUT2D eigenvalue weighted by Gasteiger charge is 2.32. The molecule has 1 aliphatic carbocycles. The predicted molar refractivity (Wildman–Crippen MR) is 103 cm³/mol. The first-order valence-corrected chi connectivity index (χ1v) is 9.18. The third-order valence-electron chi connectivity index (χ3n) is 5.25. The quantitative estimate of drug-likeness (QED) is 0.685. The summed E-state index contributed by atoms with van der Waals surface area (Å²) >= 11 is 0. The zero-order chi connectivity index (χ0) is 16.4. The highest BCUT2D eigenvalue weighted by atomic mass is 15.2. The molecule has 0 aromatic heterocycles. The molecule has 2 aromatic rings. The molecule has 1 heterocycles. The van der Waals surface area contributed by atoms with Crippen LogP contribution < -0.4 is 4.90 Å². The first-order valence-electron chi connectivity index (χ1n) is 9.18. The molecule has 2 aromatic carbocycles. The predicted octanol–water partition coefficient (Wildman–Crippen LogP) is 5.83. The van der Waals surface area contributed by atoms with Gasteiger partial charge >= 0.3 is 0 Å². The lowest BCUT2D eigenvalue weighted by molar-refractivity contribution is 0.533. The van der Waals surface area contributed by atoms with E-state index in [0.29, 0.717) is 12.0 Å². The molecule has 0 N–H and O–H groups in total. The van der Waals surface area contributed by atoms with Gasteiger partial charge in [0.2, 0.25) is 0 Å². The fraction of sp³-hybridized carbons (Fsp3) is 0.304. The molecule has 2 aliphatic rings. The minimum Gasteiger partial charge on any atom is -0.334 e. The van der Waals surface area contributed by atoms with Crippen LogP contribution in [0.3, 0.4) is 0 Å². The fourth-order valence-corrected chi connectivity index (χ4v) is 3.96. The normalized spacial score (nSPS) is 21.5. The number of fused-ring (bicyclic) bond motifs is 2. The third kappa shape index (κ3) is 2.80. The van der Waals surface area contributed by atoms with Crippen LogP contribution in [0, 0.1) is 5.92 Å². The molecule has 24 heavy (non-hydrogen) atoms. The van der Waals surface area contributed by atoms with E-state index < -0.39 is 0 Å². The molecule has 0 fully saturated rings. The largest absolute Gasteiger partial charge is 0.334 e. The lowest BCUT2D eigenvalue weighted by Crippen LogP contribution is -2.41. The average molecular weight is 315 g/mol. The maximum absolute atomic E-state index is 2.52. The summed E-state index contributed by atoms with van der Waals surface area (Å²) in [6.07, 6.45) is 13.9. The van der Waals surface area contributed by atoms with Gasteiger partial charge in [-0.25, -0.2) is 0 Å². The Balaban J connectivity index is 1.71. The van der Waals surface area contributed by atoms with E-state index in [9.17, 15) is 0 Å². The minimum absolute atomic E-state index is 0.423. The van der Waals surface area contributed by atoms with E-state index in [2.05, 4.69) is 84.7 Å². The van der Waals surface area contributed by atoms with Crippen LogP contribution in [0.25, 0.3) is 0 Å². The smallest absolute Gasteiger partial charge is 0.0591 e. The van der Waals surface area contributed by atoms with Gasteiger partial charge in [0.15, 0.2) is 0 Å². The number of allylic oxidation sites excluding steroid dienone is 2. The Hall–Kier alpha value is -2.28. The fourth-order valence-electron chi connectivity index (χ4n) is 3.96. The number of benzene rings is 2. The summed E-state index contributed by atoms with van der Waals surface area (Å²) in [5.74, 6) is 0.560. The van der Waals surface area contributed by atoms with E-state index in [1.807, 2.05) is 0 Å². The highest BCUT2D eigenvalue weighted by molar-refractivity contribution is 5.70. The van der Waals surface area contributed by atoms with Crippen molar-refractivity contribution in [3.05, 3.63) is 84.0 Å². The lowest BCUT2D eigenvalue weighted by atomic mass is 9.82. The third-order valence-corrected chi connectivity index (χ3v) is 5.25. The number of nitrogens with zero attached hydrogens (tertiary/aromatic N) is 1. The van der Waals surface area contributed by atoms with Crippen molar-refractivity contribution in [2.24, 2.45) is 5.92 Å². The van der Waals surface area contributed by atoms with Crippen molar-refractivity contribution in [1.29, 1.82) is 0 Å². The van der Waals surface area contributed by atoms with Crippen LogP contribution in [0.1, 0.15) is 30.9 Å². The number of unbranched alkanes of at least 4 members (excludes halogenated alkanes) is 1. The summed E-state index contributed by atoms with van der Waals surface area (Å²) < 4.78 is 0. The van der Waals surface area contributed by atoms with Crippen molar-refractivity contribution in [3.63, 3.8) is 0 Å². The Morgan fingerprint density at radius 3 is 2.58 bits per heavy atom. The molecule has 4 rings (SSSR count).